The summed E-state index contributed by atoms with van der Waals surface area (Å²) < 4.78 is 2.68. The largest absolute Gasteiger partial charge is 0.332 e. The van der Waals surface area contributed by atoms with Gasteiger partial charge in [0.2, 0.25) is 0 Å². The molecule has 0 saturated heterocycles. The lowest BCUT2D eigenvalue weighted by Gasteiger charge is -2.11. The predicted octanol–water partition coefficient (Wildman–Crippen LogP) is 6.31. The second kappa shape index (κ2) is 8.31. The summed E-state index contributed by atoms with van der Waals surface area (Å²) in [4.78, 5) is 0. The maximum Gasteiger partial charge on any atom is 0.176 e. The average Bonchev–Trinajstić information content (AvgIpc) is 3.02. The summed E-state index contributed by atoms with van der Waals surface area (Å²) in [6, 6.07) is 22.0. The standard InChI is InChI=1S/C21H16BrClN4S/c22-18-13-27(12-14-8-10-16(23)11-9-14)26-20(18)25-21(28)24-19-7-3-5-15-4-1-2-6-17(15)19/h1-11,13H,12H2,(H2,24,25,26,28). The van der Waals surface area contributed by atoms with E-state index in [2.05, 4.69) is 49.9 Å². The number of benzene rings is 3. The Hall–Kier alpha value is -2.41. The molecule has 0 atom stereocenters. The third kappa shape index (κ3) is 4.35. The quantitative estimate of drug-likeness (QED) is 0.342. The Kier molecular flexibility index (Phi) is 5.62. The summed E-state index contributed by atoms with van der Waals surface area (Å²) in [5.74, 6) is 0.659. The number of fused-ring (bicyclic) bond motifs is 1. The lowest BCUT2D eigenvalue weighted by molar-refractivity contribution is 0.689. The molecule has 4 nitrogen and oxygen atoms in total. The highest BCUT2D eigenvalue weighted by molar-refractivity contribution is 9.10. The van der Waals surface area contributed by atoms with Crippen LogP contribution in [0.1, 0.15) is 5.56 Å². The molecule has 4 rings (SSSR count). The van der Waals surface area contributed by atoms with E-state index in [1.54, 1.807) is 0 Å². The molecule has 2 N–H and O–H groups in total. The maximum atomic E-state index is 5.94. The van der Waals surface area contributed by atoms with Gasteiger partial charge < -0.3 is 10.6 Å². The van der Waals surface area contributed by atoms with Crippen LogP contribution < -0.4 is 10.6 Å². The summed E-state index contributed by atoms with van der Waals surface area (Å²) in [6.07, 6.45) is 1.91. The van der Waals surface area contributed by atoms with Crippen LogP contribution >= 0.6 is 39.7 Å². The van der Waals surface area contributed by atoms with Gasteiger partial charge in [-0.05, 0) is 57.3 Å². The van der Waals surface area contributed by atoms with Gasteiger partial charge in [0, 0.05) is 22.3 Å². The van der Waals surface area contributed by atoms with Crippen molar-refractivity contribution in [2.24, 2.45) is 0 Å². The highest BCUT2D eigenvalue weighted by Gasteiger charge is 2.10. The number of anilines is 2. The number of nitrogens with zero attached hydrogens (tertiary/aromatic N) is 2. The molecule has 0 bridgehead atoms. The Morgan fingerprint density at radius 2 is 1.75 bits per heavy atom. The topological polar surface area (TPSA) is 41.9 Å². The van der Waals surface area contributed by atoms with Crippen molar-refractivity contribution < 1.29 is 0 Å². The Morgan fingerprint density at radius 1 is 1.00 bits per heavy atom. The second-order valence-corrected chi connectivity index (χ2v) is 7.95. The number of hydrogen-bond acceptors (Lipinski definition) is 2. The van der Waals surface area contributed by atoms with Gasteiger partial charge in [-0.1, -0.05) is 60.1 Å². The fraction of sp³-hybridized carbons (Fsp3) is 0.0476. The van der Waals surface area contributed by atoms with E-state index >= 15 is 0 Å². The average molecular weight is 472 g/mol. The van der Waals surface area contributed by atoms with Gasteiger partial charge in [-0.15, -0.1) is 0 Å². The van der Waals surface area contributed by atoms with E-state index < -0.39 is 0 Å². The Balaban J connectivity index is 1.47. The zero-order valence-electron chi connectivity index (χ0n) is 14.7. The minimum atomic E-state index is 0.480. The van der Waals surface area contributed by atoms with Crippen molar-refractivity contribution in [2.75, 3.05) is 10.6 Å². The smallest absolute Gasteiger partial charge is 0.176 e. The molecule has 28 heavy (non-hydrogen) atoms. The summed E-state index contributed by atoms with van der Waals surface area (Å²) in [7, 11) is 0. The molecule has 4 aromatic rings. The van der Waals surface area contributed by atoms with Crippen LogP contribution in [0.2, 0.25) is 5.02 Å². The van der Waals surface area contributed by atoms with Gasteiger partial charge in [-0.2, -0.15) is 5.10 Å². The second-order valence-electron chi connectivity index (χ2n) is 6.26. The van der Waals surface area contributed by atoms with Crippen LogP contribution in [0.5, 0.6) is 0 Å². The molecule has 1 aromatic heterocycles. The summed E-state index contributed by atoms with van der Waals surface area (Å²) in [5.41, 5.74) is 2.06. The molecule has 0 aliphatic heterocycles. The minimum absolute atomic E-state index is 0.480. The first-order valence-electron chi connectivity index (χ1n) is 8.62. The van der Waals surface area contributed by atoms with Gasteiger partial charge in [-0.3, -0.25) is 4.68 Å². The SMILES string of the molecule is S=C(Nc1nn(Cc2ccc(Cl)cc2)cc1Br)Nc1cccc2ccccc12. The molecule has 0 fully saturated rings. The van der Waals surface area contributed by atoms with Crippen LogP contribution in [0.25, 0.3) is 10.8 Å². The van der Waals surface area contributed by atoms with E-state index in [1.807, 2.05) is 59.4 Å². The van der Waals surface area contributed by atoms with Crippen molar-refractivity contribution in [1.82, 2.24) is 9.78 Å². The molecule has 0 aliphatic rings. The van der Waals surface area contributed by atoms with E-state index in [0.717, 1.165) is 31.5 Å². The first-order chi connectivity index (χ1) is 13.6. The Bertz CT molecular complexity index is 1140. The molecular weight excluding hydrogens is 456 g/mol. The number of thiocarbonyl (C=S) groups is 1. The highest BCUT2D eigenvalue weighted by Crippen LogP contribution is 2.24. The van der Waals surface area contributed by atoms with E-state index in [9.17, 15) is 0 Å². The zero-order chi connectivity index (χ0) is 19.5. The van der Waals surface area contributed by atoms with Crippen LogP contribution in [-0.2, 0) is 6.54 Å². The monoisotopic (exact) mass is 470 g/mol. The van der Waals surface area contributed by atoms with Crippen molar-refractivity contribution in [3.63, 3.8) is 0 Å². The van der Waals surface area contributed by atoms with Gasteiger partial charge in [0.1, 0.15) is 0 Å². The summed E-state index contributed by atoms with van der Waals surface area (Å²) >= 11 is 15.0. The first kappa shape index (κ1) is 18.9. The maximum absolute atomic E-state index is 5.94. The molecule has 1 heterocycles. The molecular formula is C21H16BrClN4S. The lowest BCUT2D eigenvalue weighted by Crippen LogP contribution is -2.20. The third-order valence-corrected chi connectivity index (χ3v) is 5.28. The van der Waals surface area contributed by atoms with Gasteiger partial charge >= 0.3 is 0 Å². The third-order valence-electron chi connectivity index (χ3n) is 4.24. The molecule has 7 heteroatoms. The van der Waals surface area contributed by atoms with Crippen molar-refractivity contribution in [2.45, 2.75) is 6.54 Å². The number of aromatic nitrogens is 2. The van der Waals surface area contributed by atoms with Gasteiger partial charge in [0.05, 0.1) is 11.0 Å². The Labute approximate surface area is 181 Å². The summed E-state index contributed by atoms with van der Waals surface area (Å²) in [6.45, 7) is 0.640. The van der Waals surface area contributed by atoms with E-state index in [-0.39, 0.29) is 0 Å². The highest BCUT2D eigenvalue weighted by atomic mass is 79.9. The normalized spacial score (nSPS) is 10.8. The molecule has 0 aliphatic carbocycles. The molecule has 0 spiro atoms. The minimum Gasteiger partial charge on any atom is -0.332 e. The fourth-order valence-corrected chi connectivity index (χ4v) is 3.68. The van der Waals surface area contributed by atoms with Gasteiger partial charge in [0.25, 0.3) is 0 Å². The zero-order valence-corrected chi connectivity index (χ0v) is 17.9. The lowest BCUT2D eigenvalue weighted by atomic mass is 10.1. The van der Waals surface area contributed by atoms with Crippen molar-refractivity contribution in [3.05, 3.63) is 88.0 Å². The molecule has 0 radical (unpaired) electrons. The molecule has 0 amide bonds. The Morgan fingerprint density at radius 3 is 2.57 bits per heavy atom. The van der Waals surface area contributed by atoms with Gasteiger partial charge in [-0.25, -0.2) is 0 Å². The van der Waals surface area contributed by atoms with Gasteiger partial charge in [0.15, 0.2) is 10.9 Å². The molecule has 3 aromatic carbocycles. The fourth-order valence-electron chi connectivity index (χ4n) is 2.94. The van der Waals surface area contributed by atoms with Crippen LogP contribution in [0.15, 0.2) is 77.4 Å². The van der Waals surface area contributed by atoms with Crippen molar-refractivity contribution in [3.8, 4) is 0 Å². The summed E-state index contributed by atoms with van der Waals surface area (Å²) in [5, 5.41) is 14.5. The van der Waals surface area contributed by atoms with Crippen molar-refractivity contribution in [1.29, 1.82) is 0 Å². The van der Waals surface area contributed by atoms with E-state index in [0.29, 0.717) is 17.5 Å². The van der Waals surface area contributed by atoms with Crippen LogP contribution in [0.4, 0.5) is 11.5 Å². The predicted molar refractivity (Wildman–Crippen MR) is 124 cm³/mol. The van der Waals surface area contributed by atoms with Crippen LogP contribution in [0, 0.1) is 0 Å². The van der Waals surface area contributed by atoms with Crippen LogP contribution in [-0.4, -0.2) is 14.9 Å². The van der Waals surface area contributed by atoms with E-state index in [1.165, 1.54) is 0 Å². The van der Waals surface area contributed by atoms with E-state index in [4.69, 9.17) is 23.8 Å². The number of rotatable bonds is 4. The number of hydrogen-bond donors (Lipinski definition) is 2. The van der Waals surface area contributed by atoms with Crippen LogP contribution in [0.3, 0.4) is 0 Å². The molecule has 0 unspecified atom stereocenters. The number of nitrogens with one attached hydrogen (secondary N) is 2. The van der Waals surface area contributed by atoms with Crippen molar-refractivity contribution >= 4 is 67.1 Å². The number of halogens is 2. The molecule has 140 valence electrons. The molecule has 0 saturated carbocycles. The first-order valence-corrected chi connectivity index (χ1v) is 10.2.